The third-order valence-electron chi connectivity index (χ3n) is 3.65. The van der Waals surface area contributed by atoms with E-state index >= 15 is 0 Å². The van der Waals surface area contributed by atoms with E-state index in [0.29, 0.717) is 22.0 Å². The number of hydrogen-bond acceptors (Lipinski definition) is 4. The molecule has 0 aliphatic carbocycles. The quantitative estimate of drug-likeness (QED) is 0.564. The lowest BCUT2D eigenvalue weighted by atomic mass is 10.1. The smallest absolute Gasteiger partial charge is 0.157 e. The van der Waals surface area contributed by atoms with Gasteiger partial charge in [0.15, 0.2) is 5.82 Å². The van der Waals surface area contributed by atoms with Gasteiger partial charge in [-0.1, -0.05) is 41.9 Å². The van der Waals surface area contributed by atoms with Crippen molar-refractivity contribution < 1.29 is 0 Å². The lowest BCUT2D eigenvalue weighted by Crippen LogP contribution is -1.99. The van der Waals surface area contributed by atoms with Crippen molar-refractivity contribution in [1.29, 1.82) is 0 Å². The minimum Gasteiger partial charge on any atom is -0.383 e. The molecule has 108 valence electrons. The Bertz CT molecular complexity index is 1020. The summed E-state index contributed by atoms with van der Waals surface area (Å²) in [6.45, 7) is 0. The Hall–Kier alpha value is -2.79. The molecule has 4 aromatic rings. The maximum absolute atomic E-state index is 6.31. The van der Waals surface area contributed by atoms with Gasteiger partial charge >= 0.3 is 0 Å². The van der Waals surface area contributed by atoms with E-state index in [1.165, 1.54) is 0 Å². The first-order valence-electron chi connectivity index (χ1n) is 6.74. The number of pyridine rings is 1. The molecule has 0 bridgehead atoms. The summed E-state index contributed by atoms with van der Waals surface area (Å²) in [5.41, 5.74) is 14.5. The SMILES string of the molecule is Nc1nc2ccccc2c2c1c(N)nn2-c1ccccc1Cl. The number of rotatable bonds is 1. The summed E-state index contributed by atoms with van der Waals surface area (Å²) in [6, 6.07) is 15.2. The Balaban J connectivity index is 2.23. The highest BCUT2D eigenvalue weighted by atomic mass is 35.5. The Labute approximate surface area is 131 Å². The number of nitrogens with zero attached hydrogens (tertiary/aromatic N) is 3. The van der Waals surface area contributed by atoms with Crippen LogP contribution in [-0.4, -0.2) is 14.8 Å². The molecule has 0 fully saturated rings. The molecule has 4 rings (SSSR count). The maximum Gasteiger partial charge on any atom is 0.157 e. The Morgan fingerprint density at radius 2 is 1.64 bits per heavy atom. The van der Waals surface area contributed by atoms with Crippen molar-refractivity contribution in [1.82, 2.24) is 14.8 Å². The topological polar surface area (TPSA) is 82.8 Å². The fourth-order valence-electron chi connectivity index (χ4n) is 2.69. The highest BCUT2D eigenvalue weighted by Gasteiger charge is 2.18. The molecule has 0 saturated heterocycles. The van der Waals surface area contributed by atoms with Crippen LogP contribution in [0.5, 0.6) is 0 Å². The predicted molar refractivity (Wildman–Crippen MR) is 90.2 cm³/mol. The van der Waals surface area contributed by atoms with E-state index < -0.39 is 0 Å². The van der Waals surface area contributed by atoms with Crippen LogP contribution in [0.2, 0.25) is 5.02 Å². The van der Waals surface area contributed by atoms with Crippen LogP contribution in [0, 0.1) is 0 Å². The molecule has 0 amide bonds. The van der Waals surface area contributed by atoms with Crippen molar-refractivity contribution in [2.24, 2.45) is 0 Å². The van der Waals surface area contributed by atoms with E-state index in [1.807, 2.05) is 48.5 Å². The first-order chi connectivity index (χ1) is 10.7. The monoisotopic (exact) mass is 309 g/mol. The first-order valence-corrected chi connectivity index (χ1v) is 7.12. The van der Waals surface area contributed by atoms with Crippen molar-refractivity contribution in [2.75, 3.05) is 11.5 Å². The maximum atomic E-state index is 6.31. The van der Waals surface area contributed by atoms with Crippen LogP contribution in [0.25, 0.3) is 27.5 Å². The first kappa shape index (κ1) is 12.9. The van der Waals surface area contributed by atoms with Gasteiger partial charge in [0.1, 0.15) is 5.82 Å². The Kier molecular flexibility index (Phi) is 2.71. The van der Waals surface area contributed by atoms with E-state index in [4.69, 9.17) is 23.1 Å². The second kappa shape index (κ2) is 4.61. The molecule has 0 aliphatic heterocycles. The fourth-order valence-corrected chi connectivity index (χ4v) is 2.91. The van der Waals surface area contributed by atoms with Gasteiger partial charge in [-0.2, -0.15) is 0 Å². The van der Waals surface area contributed by atoms with E-state index in [2.05, 4.69) is 10.1 Å². The molecule has 6 heteroatoms. The van der Waals surface area contributed by atoms with Crippen molar-refractivity contribution in [3.8, 4) is 5.69 Å². The van der Waals surface area contributed by atoms with Gasteiger partial charge in [-0.25, -0.2) is 9.67 Å². The van der Waals surface area contributed by atoms with Gasteiger partial charge in [-0.05, 0) is 18.2 Å². The summed E-state index contributed by atoms with van der Waals surface area (Å²) in [5.74, 6) is 0.704. The molecule has 2 aromatic heterocycles. The molecule has 2 aromatic carbocycles. The number of para-hydroxylation sites is 2. The van der Waals surface area contributed by atoms with E-state index in [0.717, 1.165) is 22.1 Å². The minimum absolute atomic E-state index is 0.339. The van der Waals surface area contributed by atoms with Gasteiger partial charge in [-0.3, -0.25) is 0 Å². The molecule has 22 heavy (non-hydrogen) atoms. The van der Waals surface area contributed by atoms with Crippen LogP contribution < -0.4 is 11.5 Å². The van der Waals surface area contributed by atoms with Gasteiger partial charge in [0, 0.05) is 5.39 Å². The van der Waals surface area contributed by atoms with Crippen LogP contribution in [-0.2, 0) is 0 Å². The van der Waals surface area contributed by atoms with Gasteiger partial charge in [-0.15, -0.1) is 5.10 Å². The standard InChI is InChI=1S/C16H12ClN5/c17-10-6-2-4-8-12(10)22-14-9-5-1-3-7-11(9)20-15(18)13(14)16(19)21-22/h1-8H,(H2,18,20)(H2,19,21). The average molecular weight is 310 g/mol. The van der Waals surface area contributed by atoms with Crippen molar-refractivity contribution in [2.45, 2.75) is 0 Å². The zero-order valence-electron chi connectivity index (χ0n) is 11.5. The van der Waals surface area contributed by atoms with Gasteiger partial charge in [0.2, 0.25) is 0 Å². The zero-order chi connectivity index (χ0) is 15.3. The Morgan fingerprint density at radius 1 is 0.909 bits per heavy atom. The number of benzene rings is 2. The molecule has 4 N–H and O–H groups in total. The molecule has 2 heterocycles. The summed E-state index contributed by atoms with van der Waals surface area (Å²) >= 11 is 6.31. The van der Waals surface area contributed by atoms with Gasteiger partial charge in [0.25, 0.3) is 0 Å². The number of halogens is 1. The number of nitrogens with two attached hydrogens (primary N) is 2. The van der Waals surface area contributed by atoms with Crippen LogP contribution in [0.15, 0.2) is 48.5 Å². The third-order valence-corrected chi connectivity index (χ3v) is 3.97. The van der Waals surface area contributed by atoms with E-state index in [1.54, 1.807) is 4.68 Å². The lowest BCUT2D eigenvalue weighted by molar-refractivity contribution is 0.920. The van der Waals surface area contributed by atoms with Crippen LogP contribution in [0.4, 0.5) is 11.6 Å². The summed E-state index contributed by atoms with van der Waals surface area (Å²) in [5, 5.41) is 6.59. The van der Waals surface area contributed by atoms with Crippen LogP contribution in [0.1, 0.15) is 0 Å². The van der Waals surface area contributed by atoms with Crippen LogP contribution >= 0.6 is 11.6 Å². The molecule has 0 saturated carbocycles. The minimum atomic E-state index is 0.339. The van der Waals surface area contributed by atoms with E-state index in [-0.39, 0.29) is 0 Å². The molecule has 0 spiro atoms. The highest BCUT2D eigenvalue weighted by molar-refractivity contribution is 6.32. The lowest BCUT2D eigenvalue weighted by Gasteiger charge is -2.08. The fraction of sp³-hybridized carbons (Fsp3) is 0. The van der Waals surface area contributed by atoms with Gasteiger partial charge in [0.05, 0.1) is 27.1 Å². The second-order valence-corrected chi connectivity index (χ2v) is 5.39. The summed E-state index contributed by atoms with van der Waals surface area (Å²) in [4.78, 5) is 4.41. The molecular formula is C16H12ClN5. The number of anilines is 2. The van der Waals surface area contributed by atoms with Crippen molar-refractivity contribution >= 4 is 45.0 Å². The largest absolute Gasteiger partial charge is 0.383 e. The molecule has 5 nitrogen and oxygen atoms in total. The summed E-state index contributed by atoms with van der Waals surface area (Å²) < 4.78 is 1.73. The van der Waals surface area contributed by atoms with Crippen molar-refractivity contribution in [3.05, 3.63) is 53.6 Å². The third kappa shape index (κ3) is 1.72. The Morgan fingerprint density at radius 3 is 2.45 bits per heavy atom. The highest BCUT2D eigenvalue weighted by Crippen LogP contribution is 2.34. The van der Waals surface area contributed by atoms with Gasteiger partial charge < -0.3 is 11.5 Å². The number of fused-ring (bicyclic) bond motifs is 3. The molecule has 0 radical (unpaired) electrons. The zero-order valence-corrected chi connectivity index (χ0v) is 12.2. The van der Waals surface area contributed by atoms with E-state index in [9.17, 15) is 0 Å². The number of aromatic nitrogens is 3. The van der Waals surface area contributed by atoms with Crippen LogP contribution in [0.3, 0.4) is 0 Å². The second-order valence-electron chi connectivity index (χ2n) is 4.99. The molecule has 0 unspecified atom stereocenters. The summed E-state index contributed by atoms with van der Waals surface area (Å²) in [7, 11) is 0. The molecular weight excluding hydrogens is 298 g/mol. The summed E-state index contributed by atoms with van der Waals surface area (Å²) in [6.07, 6.45) is 0. The normalized spacial score (nSPS) is 11.3. The average Bonchev–Trinajstić information content (AvgIpc) is 2.86. The number of hydrogen-bond donors (Lipinski definition) is 2. The van der Waals surface area contributed by atoms with Crippen molar-refractivity contribution in [3.63, 3.8) is 0 Å². The number of nitrogen functional groups attached to an aromatic ring is 2. The molecule has 0 atom stereocenters. The molecule has 0 aliphatic rings. The predicted octanol–water partition coefficient (Wildman–Crippen LogP) is 3.39.